The van der Waals surface area contributed by atoms with E-state index >= 15 is 0 Å². The van der Waals surface area contributed by atoms with E-state index in [0.717, 1.165) is 18.2 Å². The molecule has 1 fully saturated rings. The molecule has 0 N–H and O–H groups in total. The van der Waals surface area contributed by atoms with E-state index in [0.29, 0.717) is 6.07 Å². The summed E-state index contributed by atoms with van der Waals surface area (Å²) in [4.78, 5) is -0.577. The highest BCUT2D eigenvalue weighted by molar-refractivity contribution is 7.93. The third-order valence-electron chi connectivity index (χ3n) is 4.32. The minimum absolute atomic E-state index is 0.0652. The lowest BCUT2D eigenvalue weighted by Crippen LogP contribution is -2.59. The molecule has 5 nitrogen and oxygen atoms in total. The average Bonchev–Trinajstić information content (AvgIpc) is 2.50. The van der Waals surface area contributed by atoms with Crippen molar-refractivity contribution < 1.29 is 34.7 Å². The largest absolute Gasteiger partial charge is 0.416 e. The van der Waals surface area contributed by atoms with Crippen molar-refractivity contribution in [1.82, 2.24) is 0 Å². The molecule has 3 unspecified atom stereocenters. The van der Waals surface area contributed by atoms with Gasteiger partial charge in [0, 0.05) is 6.61 Å². The molecule has 11 heteroatoms. The molecule has 0 aliphatic carbocycles. The molecule has 0 saturated carbocycles. The van der Waals surface area contributed by atoms with Gasteiger partial charge in [0.15, 0.2) is 9.84 Å². The van der Waals surface area contributed by atoms with Crippen molar-refractivity contribution in [2.24, 2.45) is 0 Å². The Morgan fingerprint density at radius 2 is 2.00 bits per heavy atom. The van der Waals surface area contributed by atoms with E-state index in [-0.39, 0.29) is 13.0 Å². The molecular weight excluding hydrogens is 405 g/mol. The van der Waals surface area contributed by atoms with Crippen LogP contribution in [-0.2, 0) is 31.5 Å². The van der Waals surface area contributed by atoms with Crippen molar-refractivity contribution in [3.63, 3.8) is 0 Å². The Balaban J connectivity index is 2.58. The van der Waals surface area contributed by atoms with E-state index in [4.69, 9.17) is 16.3 Å². The Morgan fingerprint density at radius 3 is 2.56 bits per heavy atom. The zero-order chi connectivity index (χ0) is 19.0. The van der Waals surface area contributed by atoms with Gasteiger partial charge in [-0.25, -0.2) is 16.8 Å². The van der Waals surface area contributed by atoms with Crippen LogP contribution in [0.2, 0.25) is 0 Å². The number of rotatable bonds is 4. The predicted octanol–water partition coefficient (Wildman–Crippen LogP) is 2.25. The first-order chi connectivity index (χ1) is 11.4. The van der Waals surface area contributed by atoms with Gasteiger partial charge in [0.1, 0.15) is 15.5 Å². The summed E-state index contributed by atoms with van der Waals surface area (Å²) in [6.45, 7) is 1.28. The second-order valence-corrected chi connectivity index (χ2v) is 9.76. The van der Waals surface area contributed by atoms with Gasteiger partial charge >= 0.3 is 6.18 Å². The van der Waals surface area contributed by atoms with Gasteiger partial charge in [0.25, 0.3) is 0 Å². The van der Waals surface area contributed by atoms with Crippen LogP contribution in [-0.4, -0.2) is 45.4 Å². The van der Waals surface area contributed by atoms with Gasteiger partial charge in [0.05, 0.1) is 27.7 Å². The van der Waals surface area contributed by atoms with Gasteiger partial charge in [-0.3, -0.25) is 0 Å². The number of ether oxygens (including phenoxy) is 1. The first-order valence-electron chi connectivity index (χ1n) is 7.20. The summed E-state index contributed by atoms with van der Waals surface area (Å²) in [6, 6.07) is 3.29. The number of alkyl halides is 4. The minimum Gasteiger partial charge on any atom is -0.375 e. The maximum atomic E-state index is 13.1. The molecule has 0 spiro atoms. The fourth-order valence-electron chi connectivity index (χ4n) is 2.77. The third kappa shape index (κ3) is 3.81. The first-order valence-corrected chi connectivity index (χ1v) is 10.5. The molecule has 1 aromatic rings. The molecule has 0 amide bonds. The van der Waals surface area contributed by atoms with E-state index in [9.17, 15) is 30.0 Å². The lowest BCUT2D eigenvalue weighted by Gasteiger charge is -2.43. The number of sulfone groups is 1. The van der Waals surface area contributed by atoms with Gasteiger partial charge in [-0.2, -0.15) is 13.2 Å². The third-order valence-corrected chi connectivity index (χ3v) is 8.33. The van der Waals surface area contributed by atoms with E-state index in [1.165, 1.54) is 6.92 Å². The summed E-state index contributed by atoms with van der Waals surface area (Å²) in [6.07, 6.45) is -5.86. The quantitative estimate of drug-likeness (QED) is 0.597. The summed E-state index contributed by atoms with van der Waals surface area (Å²) >= 11 is 6.19. The Hall–Kier alpha value is -0.840. The summed E-state index contributed by atoms with van der Waals surface area (Å²) in [5, 5.41) is -1.01. The monoisotopic (exact) mass is 420 g/mol. The van der Waals surface area contributed by atoms with E-state index < -0.39 is 59.2 Å². The van der Waals surface area contributed by atoms with Crippen molar-refractivity contribution in [2.45, 2.75) is 40.6 Å². The lowest BCUT2D eigenvalue weighted by atomic mass is 9.95. The average molecular weight is 421 g/mol. The fraction of sp³-hybridized carbons (Fsp3) is 0.571. The molecule has 0 aromatic heterocycles. The predicted molar refractivity (Wildman–Crippen MR) is 86.2 cm³/mol. The van der Waals surface area contributed by atoms with Gasteiger partial charge in [-0.15, -0.1) is 11.6 Å². The first kappa shape index (κ1) is 20.5. The second kappa shape index (κ2) is 7.05. The SMILES string of the molecule is CC1(S(=O)(=O)c2cccc(C(F)(F)F)c2)C(Cl)CCOC1C[SH](=O)=O. The molecule has 1 heterocycles. The normalized spacial score (nSPS) is 28.2. The van der Waals surface area contributed by atoms with Gasteiger partial charge in [0.2, 0.25) is 0 Å². The van der Waals surface area contributed by atoms with Gasteiger partial charge in [-0.05, 0) is 31.5 Å². The molecule has 1 aliphatic rings. The van der Waals surface area contributed by atoms with Gasteiger partial charge in [-0.1, -0.05) is 6.07 Å². The summed E-state index contributed by atoms with van der Waals surface area (Å²) in [5.41, 5.74) is -1.12. The number of benzene rings is 1. The van der Waals surface area contributed by atoms with Crippen LogP contribution in [0.4, 0.5) is 13.2 Å². The molecule has 1 saturated heterocycles. The topological polar surface area (TPSA) is 77.5 Å². The zero-order valence-electron chi connectivity index (χ0n) is 13.0. The van der Waals surface area contributed by atoms with Crippen LogP contribution < -0.4 is 0 Å². The van der Waals surface area contributed by atoms with Crippen molar-refractivity contribution >= 4 is 32.1 Å². The maximum absolute atomic E-state index is 13.1. The summed E-state index contributed by atoms with van der Waals surface area (Å²) in [5.74, 6) is -0.590. The number of thiol groups is 1. The van der Waals surface area contributed by atoms with Gasteiger partial charge < -0.3 is 4.74 Å². The molecular formula is C14H16ClF3O5S2. The van der Waals surface area contributed by atoms with Crippen molar-refractivity contribution in [1.29, 1.82) is 0 Å². The van der Waals surface area contributed by atoms with Crippen LogP contribution in [0.3, 0.4) is 0 Å². The summed E-state index contributed by atoms with van der Waals surface area (Å²) < 4.78 is 90.4. The Bertz CT molecular complexity index is 814. The number of hydrogen-bond donors (Lipinski definition) is 1. The molecule has 0 radical (unpaired) electrons. The number of hydrogen-bond acceptors (Lipinski definition) is 5. The Kier molecular flexibility index (Phi) is 5.77. The highest BCUT2D eigenvalue weighted by Gasteiger charge is 2.55. The maximum Gasteiger partial charge on any atom is 0.416 e. The smallest absolute Gasteiger partial charge is 0.375 e. The Morgan fingerprint density at radius 1 is 1.36 bits per heavy atom. The molecule has 0 bridgehead atoms. The second-order valence-electron chi connectivity index (χ2n) is 5.84. The Labute approximate surface area is 150 Å². The molecule has 142 valence electrons. The van der Waals surface area contributed by atoms with Crippen LogP contribution in [0.15, 0.2) is 29.2 Å². The lowest BCUT2D eigenvalue weighted by molar-refractivity contribution is -0.137. The molecule has 25 heavy (non-hydrogen) atoms. The van der Waals surface area contributed by atoms with Crippen LogP contribution in [0.25, 0.3) is 0 Å². The molecule has 3 atom stereocenters. The van der Waals surface area contributed by atoms with E-state index in [1.807, 2.05) is 0 Å². The van der Waals surface area contributed by atoms with E-state index in [2.05, 4.69) is 0 Å². The van der Waals surface area contributed by atoms with E-state index in [1.54, 1.807) is 0 Å². The highest BCUT2D eigenvalue weighted by atomic mass is 35.5. The summed E-state index contributed by atoms with van der Waals surface area (Å²) in [7, 11) is -7.38. The highest BCUT2D eigenvalue weighted by Crippen LogP contribution is 2.41. The standard InChI is InChI=1S/C14H16ClF3O5S2/c1-13(11(15)5-6-23-12(13)8-24(19)20)25(21,22)10-4-2-3-9(7-10)14(16,17)18/h2-4,7,11-12,24H,5-6,8H2,1H3. The van der Waals surface area contributed by atoms with Crippen molar-refractivity contribution in [3.8, 4) is 0 Å². The van der Waals surface area contributed by atoms with Crippen LogP contribution in [0.5, 0.6) is 0 Å². The zero-order valence-corrected chi connectivity index (χ0v) is 15.5. The molecule has 1 aromatic carbocycles. The van der Waals surface area contributed by atoms with Crippen LogP contribution in [0, 0.1) is 0 Å². The number of halogens is 4. The van der Waals surface area contributed by atoms with Crippen molar-refractivity contribution in [2.75, 3.05) is 12.4 Å². The van der Waals surface area contributed by atoms with Crippen LogP contribution >= 0.6 is 11.6 Å². The molecule has 2 rings (SSSR count). The van der Waals surface area contributed by atoms with Crippen molar-refractivity contribution in [3.05, 3.63) is 29.8 Å². The van der Waals surface area contributed by atoms with Crippen LogP contribution in [0.1, 0.15) is 18.9 Å². The molecule has 1 aliphatic heterocycles. The minimum atomic E-state index is -4.71. The fourth-order valence-corrected chi connectivity index (χ4v) is 6.23.